The molecule has 98 valence electrons. The highest BCUT2D eigenvalue weighted by Gasteiger charge is 2.20. The quantitative estimate of drug-likeness (QED) is 0.902. The Morgan fingerprint density at radius 2 is 2.26 bits per heavy atom. The SMILES string of the molecule is Cn1ncc(C#N)c1NC(=O)c1ccnn1C(F)F. The van der Waals surface area contributed by atoms with Crippen LogP contribution in [0, 0.1) is 11.3 Å². The van der Waals surface area contributed by atoms with Crippen LogP contribution in [-0.4, -0.2) is 25.5 Å². The molecule has 0 saturated carbocycles. The second-order valence-corrected chi connectivity index (χ2v) is 3.54. The monoisotopic (exact) mass is 266 g/mol. The van der Waals surface area contributed by atoms with Gasteiger partial charge in [0.25, 0.3) is 5.91 Å². The van der Waals surface area contributed by atoms with Crippen LogP contribution in [0.1, 0.15) is 22.6 Å². The zero-order valence-electron chi connectivity index (χ0n) is 9.71. The molecule has 0 aliphatic carbocycles. The third kappa shape index (κ3) is 2.28. The molecule has 9 heteroatoms. The molecule has 0 spiro atoms. The van der Waals surface area contributed by atoms with Gasteiger partial charge in [-0.05, 0) is 6.07 Å². The average molecular weight is 266 g/mol. The molecule has 0 fully saturated rings. The van der Waals surface area contributed by atoms with E-state index in [0.717, 1.165) is 12.3 Å². The van der Waals surface area contributed by atoms with Gasteiger partial charge in [0.15, 0.2) is 0 Å². The summed E-state index contributed by atoms with van der Waals surface area (Å²) in [5.41, 5.74) is -0.168. The van der Waals surface area contributed by atoms with Crippen LogP contribution in [0.2, 0.25) is 0 Å². The number of aryl methyl sites for hydroxylation is 1. The first-order valence-corrected chi connectivity index (χ1v) is 5.09. The number of nitrogens with zero attached hydrogens (tertiary/aromatic N) is 5. The summed E-state index contributed by atoms with van der Waals surface area (Å²) in [6.45, 7) is -2.92. The average Bonchev–Trinajstić information content (AvgIpc) is 2.97. The Morgan fingerprint density at radius 1 is 1.53 bits per heavy atom. The summed E-state index contributed by atoms with van der Waals surface area (Å²) in [5, 5.41) is 18.3. The minimum Gasteiger partial charge on any atom is -0.304 e. The number of halogens is 2. The Bertz CT molecular complexity index is 653. The van der Waals surface area contributed by atoms with Crippen molar-refractivity contribution >= 4 is 11.7 Å². The van der Waals surface area contributed by atoms with Crippen molar-refractivity contribution in [2.75, 3.05) is 5.32 Å². The van der Waals surface area contributed by atoms with Crippen molar-refractivity contribution in [1.29, 1.82) is 5.26 Å². The number of carbonyl (C=O) groups excluding carboxylic acids is 1. The molecular weight excluding hydrogens is 258 g/mol. The maximum atomic E-state index is 12.6. The van der Waals surface area contributed by atoms with E-state index < -0.39 is 12.5 Å². The topological polar surface area (TPSA) is 88.5 Å². The van der Waals surface area contributed by atoms with Crippen molar-refractivity contribution in [1.82, 2.24) is 19.6 Å². The lowest BCUT2D eigenvalue weighted by atomic mass is 10.3. The number of nitriles is 1. The van der Waals surface area contributed by atoms with E-state index in [2.05, 4.69) is 15.5 Å². The van der Waals surface area contributed by atoms with Crippen molar-refractivity contribution in [2.24, 2.45) is 7.05 Å². The first kappa shape index (κ1) is 12.7. The summed E-state index contributed by atoms with van der Waals surface area (Å²) in [6.07, 6.45) is 2.36. The standard InChI is InChI=1S/C10H8F2N6O/c1-17-8(6(4-13)5-15-17)16-9(19)7-2-3-14-18(7)10(11)12/h2-3,5,10H,1H3,(H,16,19). The number of anilines is 1. The summed E-state index contributed by atoms with van der Waals surface area (Å²) in [5.74, 6) is -0.660. The highest BCUT2D eigenvalue weighted by Crippen LogP contribution is 2.16. The summed E-state index contributed by atoms with van der Waals surface area (Å²) < 4.78 is 26.7. The van der Waals surface area contributed by atoms with Gasteiger partial charge >= 0.3 is 6.55 Å². The predicted octanol–water partition coefficient (Wildman–Crippen LogP) is 1.14. The predicted molar refractivity (Wildman–Crippen MR) is 59.4 cm³/mol. The summed E-state index contributed by atoms with van der Waals surface area (Å²) in [7, 11) is 1.51. The smallest absolute Gasteiger partial charge is 0.304 e. The Balaban J connectivity index is 2.29. The molecule has 2 heterocycles. The third-order valence-electron chi connectivity index (χ3n) is 2.38. The minimum atomic E-state index is -2.92. The fraction of sp³-hybridized carbons (Fsp3) is 0.200. The van der Waals surface area contributed by atoms with Crippen molar-refractivity contribution in [3.05, 3.63) is 29.7 Å². The van der Waals surface area contributed by atoms with Gasteiger partial charge in [-0.2, -0.15) is 28.9 Å². The molecule has 2 aromatic heterocycles. The maximum Gasteiger partial charge on any atom is 0.333 e. The van der Waals surface area contributed by atoms with Crippen molar-refractivity contribution in [3.63, 3.8) is 0 Å². The molecule has 0 aliphatic heterocycles. The van der Waals surface area contributed by atoms with E-state index in [1.54, 1.807) is 0 Å². The first-order chi connectivity index (χ1) is 9.04. The number of amides is 1. The molecular formula is C10H8F2N6O. The molecule has 2 aromatic rings. The third-order valence-corrected chi connectivity index (χ3v) is 2.38. The molecule has 19 heavy (non-hydrogen) atoms. The molecule has 0 aliphatic rings. The van der Waals surface area contributed by atoms with E-state index in [9.17, 15) is 13.6 Å². The Labute approximate surface area is 106 Å². The molecule has 0 aromatic carbocycles. The summed E-state index contributed by atoms with van der Waals surface area (Å²) in [6, 6.07) is 2.99. The Morgan fingerprint density at radius 3 is 2.89 bits per heavy atom. The largest absolute Gasteiger partial charge is 0.333 e. The molecule has 0 radical (unpaired) electrons. The van der Waals surface area contributed by atoms with Gasteiger partial charge in [0.2, 0.25) is 0 Å². The van der Waals surface area contributed by atoms with Crippen LogP contribution in [0.25, 0.3) is 0 Å². The molecule has 0 atom stereocenters. The molecule has 2 rings (SSSR count). The number of hydrogen-bond acceptors (Lipinski definition) is 4. The Hall–Kier alpha value is -2.76. The molecule has 1 N–H and O–H groups in total. The fourth-order valence-electron chi connectivity index (χ4n) is 1.49. The normalized spacial score (nSPS) is 10.5. The zero-order valence-corrected chi connectivity index (χ0v) is 9.71. The number of aromatic nitrogens is 4. The van der Waals surface area contributed by atoms with Crippen LogP contribution >= 0.6 is 0 Å². The summed E-state index contributed by atoms with van der Waals surface area (Å²) >= 11 is 0. The van der Waals surface area contributed by atoms with E-state index in [-0.39, 0.29) is 21.8 Å². The van der Waals surface area contributed by atoms with Gasteiger partial charge in [0, 0.05) is 13.2 Å². The van der Waals surface area contributed by atoms with Gasteiger partial charge in [-0.3, -0.25) is 9.48 Å². The highest BCUT2D eigenvalue weighted by molar-refractivity contribution is 6.03. The van der Waals surface area contributed by atoms with Crippen LogP contribution in [0.15, 0.2) is 18.5 Å². The molecule has 7 nitrogen and oxygen atoms in total. The molecule has 0 bridgehead atoms. The number of rotatable bonds is 3. The summed E-state index contributed by atoms with van der Waals surface area (Å²) in [4.78, 5) is 11.9. The number of nitrogens with one attached hydrogen (secondary N) is 1. The second-order valence-electron chi connectivity index (χ2n) is 3.54. The number of alkyl halides is 2. The van der Waals surface area contributed by atoms with Crippen LogP contribution in [-0.2, 0) is 7.05 Å². The second kappa shape index (κ2) is 4.85. The lowest BCUT2D eigenvalue weighted by molar-refractivity contribution is 0.0520. The van der Waals surface area contributed by atoms with Crippen LogP contribution in [0.5, 0.6) is 0 Å². The van der Waals surface area contributed by atoms with Crippen LogP contribution in [0.3, 0.4) is 0 Å². The fourth-order valence-corrected chi connectivity index (χ4v) is 1.49. The Kier molecular flexibility index (Phi) is 3.24. The first-order valence-electron chi connectivity index (χ1n) is 5.09. The van der Waals surface area contributed by atoms with Gasteiger partial charge in [-0.1, -0.05) is 0 Å². The van der Waals surface area contributed by atoms with E-state index in [4.69, 9.17) is 5.26 Å². The zero-order chi connectivity index (χ0) is 14.0. The van der Waals surface area contributed by atoms with Crippen LogP contribution < -0.4 is 5.32 Å². The number of hydrogen-bond donors (Lipinski definition) is 1. The van der Waals surface area contributed by atoms with E-state index in [0.29, 0.717) is 0 Å². The van der Waals surface area contributed by atoms with Crippen molar-refractivity contribution in [2.45, 2.75) is 6.55 Å². The van der Waals surface area contributed by atoms with E-state index in [1.165, 1.54) is 17.9 Å². The lowest BCUT2D eigenvalue weighted by Crippen LogP contribution is -2.20. The molecule has 0 saturated heterocycles. The van der Waals surface area contributed by atoms with Crippen molar-refractivity contribution < 1.29 is 13.6 Å². The van der Waals surface area contributed by atoms with Gasteiger partial charge in [0.05, 0.1) is 6.20 Å². The minimum absolute atomic E-state index is 0.134. The highest BCUT2D eigenvalue weighted by atomic mass is 19.3. The van der Waals surface area contributed by atoms with Gasteiger partial charge in [-0.15, -0.1) is 0 Å². The lowest BCUT2D eigenvalue weighted by Gasteiger charge is -2.07. The molecule has 0 unspecified atom stereocenters. The van der Waals surface area contributed by atoms with Crippen LogP contribution in [0.4, 0.5) is 14.6 Å². The van der Waals surface area contributed by atoms with Gasteiger partial charge in [-0.25, -0.2) is 0 Å². The maximum absolute atomic E-state index is 12.6. The van der Waals surface area contributed by atoms with Gasteiger partial charge in [0.1, 0.15) is 23.1 Å². The number of carbonyl (C=O) groups is 1. The molecule has 1 amide bonds. The van der Waals surface area contributed by atoms with Crippen molar-refractivity contribution in [3.8, 4) is 6.07 Å². The van der Waals surface area contributed by atoms with E-state index >= 15 is 0 Å². The van der Waals surface area contributed by atoms with E-state index in [1.807, 2.05) is 6.07 Å². The van der Waals surface area contributed by atoms with Gasteiger partial charge < -0.3 is 5.32 Å².